The predicted octanol–water partition coefficient (Wildman–Crippen LogP) is 3.99. The van der Waals surface area contributed by atoms with E-state index in [9.17, 15) is 18.4 Å². The summed E-state index contributed by atoms with van der Waals surface area (Å²) in [6.45, 7) is 3.42. The average molecular weight is 412 g/mol. The van der Waals surface area contributed by atoms with Gasteiger partial charge >= 0.3 is 0 Å². The van der Waals surface area contributed by atoms with Crippen LogP contribution in [0.15, 0.2) is 48.2 Å². The quantitative estimate of drug-likeness (QED) is 0.713. The van der Waals surface area contributed by atoms with Crippen molar-refractivity contribution in [3.8, 4) is 5.75 Å². The van der Waals surface area contributed by atoms with Gasteiger partial charge in [-0.1, -0.05) is 19.1 Å². The summed E-state index contributed by atoms with van der Waals surface area (Å²) in [4.78, 5) is 29.4. The van der Waals surface area contributed by atoms with Crippen molar-refractivity contribution in [3.05, 3.63) is 65.4 Å². The number of rotatable bonds is 4. The van der Waals surface area contributed by atoms with Crippen LogP contribution in [0.2, 0.25) is 0 Å². The van der Waals surface area contributed by atoms with Crippen LogP contribution in [0.4, 0.5) is 14.5 Å². The molecule has 0 bridgehead atoms. The maximum Gasteiger partial charge on any atom is 0.282 e. The normalized spacial score (nSPS) is 17.9. The van der Waals surface area contributed by atoms with Crippen LogP contribution in [0.3, 0.4) is 0 Å². The molecule has 7 heteroatoms. The minimum Gasteiger partial charge on any atom is -0.497 e. The van der Waals surface area contributed by atoms with Gasteiger partial charge in [-0.2, -0.15) is 0 Å². The molecule has 2 aromatic rings. The largest absolute Gasteiger partial charge is 0.497 e. The number of anilines is 1. The zero-order valence-corrected chi connectivity index (χ0v) is 16.8. The molecule has 2 aromatic carbocycles. The molecule has 2 aliphatic rings. The fraction of sp³-hybridized carbons (Fsp3) is 0.304. The number of halogens is 2. The number of piperidine rings is 1. The molecule has 0 N–H and O–H groups in total. The molecule has 1 saturated heterocycles. The van der Waals surface area contributed by atoms with E-state index in [0.29, 0.717) is 36.4 Å². The molecule has 4 rings (SSSR count). The zero-order valence-electron chi connectivity index (χ0n) is 16.8. The van der Waals surface area contributed by atoms with Crippen LogP contribution in [0, 0.1) is 17.6 Å². The summed E-state index contributed by atoms with van der Waals surface area (Å²) in [5.74, 6) is -1.80. The molecule has 0 radical (unpaired) electrons. The molecule has 156 valence electrons. The lowest BCUT2D eigenvalue weighted by Gasteiger charge is -2.32. The third-order valence-electron chi connectivity index (χ3n) is 5.69. The van der Waals surface area contributed by atoms with E-state index in [-0.39, 0.29) is 17.0 Å². The van der Waals surface area contributed by atoms with E-state index in [0.717, 1.165) is 29.9 Å². The van der Waals surface area contributed by atoms with Crippen molar-refractivity contribution >= 4 is 23.1 Å². The summed E-state index contributed by atoms with van der Waals surface area (Å²) in [5, 5.41) is 0. The van der Waals surface area contributed by atoms with Crippen molar-refractivity contribution < 1.29 is 23.1 Å². The van der Waals surface area contributed by atoms with E-state index in [1.807, 2.05) is 4.90 Å². The molecule has 0 aliphatic carbocycles. The standard InChI is InChI=1S/C23H22F2N2O3/c1-14-9-11-26(12-10-14)21-20(15-3-6-17(30-2)7-4-15)22(28)27(23(21)29)19-8-5-16(24)13-18(19)25/h3-8,13-14H,9-12H2,1-2H3. The maximum absolute atomic E-state index is 14.5. The Morgan fingerprint density at radius 3 is 2.23 bits per heavy atom. The SMILES string of the molecule is COc1ccc(C2=C(N3CCC(C)CC3)C(=O)N(c3ccc(F)cc3F)C2=O)cc1. The smallest absolute Gasteiger partial charge is 0.282 e. The molecule has 1 fully saturated rings. The molecule has 0 spiro atoms. The van der Waals surface area contributed by atoms with Crippen LogP contribution in [0.1, 0.15) is 25.3 Å². The van der Waals surface area contributed by atoms with E-state index in [4.69, 9.17) is 4.74 Å². The molecule has 2 heterocycles. The van der Waals surface area contributed by atoms with Gasteiger partial charge in [-0.05, 0) is 48.6 Å². The molecule has 0 unspecified atom stereocenters. The highest BCUT2D eigenvalue weighted by atomic mass is 19.1. The van der Waals surface area contributed by atoms with E-state index in [2.05, 4.69) is 6.92 Å². The lowest BCUT2D eigenvalue weighted by Crippen LogP contribution is -2.38. The second-order valence-electron chi connectivity index (χ2n) is 7.66. The van der Waals surface area contributed by atoms with Crippen molar-refractivity contribution in [2.24, 2.45) is 5.92 Å². The Labute approximate surface area is 173 Å². The first-order chi connectivity index (χ1) is 14.4. The van der Waals surface area contributed by atoms with E-state index in [1.54, 1.807) is 24.3 Å². The van der Waals surface area contributed by atoms with Gasteiger partial charge in [-0.25, -0.2) is 13.7 Å². The number of carbonyl (C=O) groups is 2. The number of carbonyl (C=O) groups excluding carboxylic acids is 2. The number of hydrogen-bond acceptors (Lipinski definition) is 4. The van der Waals surface area contributed by atoms with Gasteiger partial charge in [0, 0.05) is 19.2 Å². The van der Waals surface area contributed by atoms with Gasteiger partial charge in [-0.15, -0.1) is 0 Å². The van der Waals surface area contributed by atoms with E-state index < -0.39 is 23.4 Å². The number of amides is 2. The summed E-state index contributed by atoms with van der Waals surface area (Å²) in [5.41, 5.74) is 0.785. The lowest BCUT2D eigenvalue weighted by atomic mass is 9.97. The van der Waals surface area contributed by atoms with E-state index in [1.165, 1.54) is 7.11 Å². The van der Waals surface area contributed by atoms with Crippen molar-refractivity contribution in [1.29, 1.82) is 0 Å². The maximum atomic E-state index is 14.5. The van der Waals surface area contributed by atoms with Crippen LogP contribution >= 0.6 is 0 Å². The number of benzene rings is 2. The monoisotopic (exact) mass is 412 g/mol. The van der Waals surface area contributed by atoms with Crippen molar-refractivity contribution in [1.82, 2.24) is 4.90 Å². The highest BCUT2D eigenvalue weighted by Crippen LogP contribution is 2.37. The van der Waals surface area contributed by atoms with E-state index >= 15 is 0 Å². The van der Waals surface area contributed by atoms with Gasteiger partial charge in [0.25, 0.3) is 11.8 Å². The number of likely N-dealkylation sites (tertiary alicyclic amines) is 1. The Kier molecular flexibility index (Phi) is 5.28. The molecule has 2 amide bonds. The minimum absolute atomic E-state index is 0.223. The third kappa shape index (κ3) is 3.44. The molecular formula is C23H22F2N2O3. The van der Waals surface area contributed by atoms with Gasteiger partial charge in [0.05, 0.1) is 18.4 Å². The number of ether oxygens (including phenoxy) is 1. The summed E-state index contributed by atoms with van der Waals surface area (Å²) in [6.07, 6.45) is 1.79. The molecule has 0 saturated carbocycles. The second kappa shape index (κ2) is 7.89. The highest BCUT2D eigenvalue weighted by molar-refractivity contribution is 6.45. The molecule has 30 heavy (non-hydrogen) atoms. The molecule has 5 nitrogen and oxygen atoms in total. The summed E-state index contributed by atoms with van der Waals surface area (Å²) < 4.78 is 33.0. The number of nitrogens with zero attached hydrogens (tertiary/aromatic N) is 2. The molecule has 2 aliphatic heterocycles. The second-order valence-corrected chi connectivity index (χ2v) is 7.66. The number of hydrogen-bond donors (Lipinski definition) is 0. The van der Waals surface area contributed by atoms with Gasteiger partial charge in [0.15, 0.2) is 0 Å². The Bertz CT molecular complexity index is 1030. The topological polar surface area (TPSA) is 49.9 Å². The van der Waals surface area contributed by atoms with Gasteiger partial charge in [-0.3, -0.25) is 9.59 Å². The first kappa shape index (κ1) is 20.1. The van der Waals surface area contributed by atoms with Crippen molar-refractivity contribution in [2.75, 3.05) is 25.1 Å². The Morgan fingerprint density at radius 1 is 0.967 bits per heavy atom. The Balaban J connectivity index is 1.81. The van der Waals surface area contributed by atoms with Crippen LogP contribution < -0.4 is 9.64 Å². The summed E-state index contributed by atoms with van der Waals surface area (Å²) >= 11 is 0. The minimum atomic E-state index is -0.959. The lowest BCUT2D eigenvalue weighted by molar-refractivity contribution is -0.120. The summed E-state index contributed by atoms with van der Waals surface area (Å²) in [7, 11) is 1.54. The van der Waals surface area contributed by atoms with Crippen LogP contribution in [0.25, 0.3) is 5.57 Å². The van der Waals surface area contributed by atoms with Crippen LogP contribution in [-0.4, -0.2) is 36.9 Å². The number of imide groups is 1. The zero-order chi connectivity index (χ0) is 21.4. The van der Waals surface area contributed by atoms with Gasteiger partial charge in [0.1, 0.15) is 23.1 Å². The van der Waals surface area contributed by atoms with Gasteiger partial charge in [0.2, 0.25) is 0 Å². The third-order valence-corrected chi connectivity index (χ3v) is 5.69. The highest BCUT2D eigenvalue weighted by Gasteiger charge is 2.43. The Morgan fingerprint density at radius 2 is 1.63 bits per heavy atom. The fourth-order valence-corrected chi connectivity index (χ4v) is 3.94. The van der Waals surface area contributed by atoms with Crippen molar-refractivity contribution in [3.63, 3.8) is 0 Å². The first-order valence-corrected chi connectivity index (χ1v) is 9.88. The number of methoxy groups -OCH3 is 1. The van der Waals surface area contributed by atoms with Crippen LogP contribution in [-0.2, 0) is 9.59 Å². The Hall–Kier alpha value is -3.22. The first-order valence-electron chi connectivity index (χ1n) is 9.88. The molecule has 0 aromatic heterocycles. The van der Waals surface area contributed by atoms with Crippen molar-refractivity contribution in [2.45, 2.75) is 19.8 Å². The fourth-order valence-electron chi connectivity index (χ4n) is 3.94. The molecular weight excluding hydrogens is 390 g/mol. The summed E-state index contributed by atoms with van der Waals surface area (Å²) in [6, 6.07) is 9.64. The average Bonchev–Trinajstić information content (AvgIpc) is 2.99. The predicted molar refractivity (Wildman–Crippen MR) is 109 cm³/mol. The van der Waals surface area contributed by atoms with Crippen LogP contribution in [0.5, 0.6) is 5.75 Å². The van der Waals surface area contributed by atoms with Gasteiger partial charge < -0.3 is 9.64 Å². The molecule has 0 atom stereocenters.